The lowest BCUT2D eigenvalue weighted by atomic mass is 9.86. The summed E-state index contributed by atoms with van der Waals surface area (Å²) in [6.07, 6.45) is 9.48. The lowest BCUT2D eigenvalue weighted by Gasteiger charge is -2.30. The SMILES string of the molecule is NCCCn1cc(S(=O)(=O)N2CCC3CCCCC32)cn1. The Morgan fingerprint density at radius 1 is 1.29 bits per heavy atom. The normalized spacial score (nSPS) is 26.9. The van der Waals surface area contributed by atoms with E-state index in [2.05, 4.69) is 5.10 Å². The van der Waals surface area contributed by atoms with Crippen LogP contribution in [0.4, 0.5) is 0 Å². The quantitative estimate of drug-likeness (QED) is 0.885. The molecule has 3 rings (SSSR count). The zero-order chi connectivity index (χ0) is 14.9. The first-order valence-corrected chi connectivity index (χ1v) is 9.31. The number of aryl methyl sites for hydroxylation is 1. The molecule has 118 valence electrons. The number of hydrogen-bond donors (Lipinski definition) is 1. The molecule has 2 heterocycles. The molecule has 0 spiro atoms. The van der Waals surface area contributed by atoms with E-state index in [9.17, 15) is 8.42 Å². The van der Waals surface area contributed by atoms with Crippen LogP contribution in [0, 0.1) is 5.92 Å². The van der Waals surface area contributed by atoms with Gasteiger partial charge >= 0.3 is 0 Å². The van der Waals surface area contributed by atoms with Gasteiger partial charge in [-0.1, -0.05) is 12.8 Å². The van der Waals surface area contributed by atoms with Crippen molar-refractivity contribution in [2.24, 2.45) is 11.7 Å². The molecule has 1 aliphatic heterocycles. The van der Waals surface area contributed by atoms with Gasteiger partial charge in [0.05, 0.1) is 6.20 Å². The zero-order valence-corrected chi connectivity index (χ0v) is 13.1. The maximum absolute atomic E-state index is 12.8. The van der Waals surface area contributed by atoms with Crippen molar-refractivity contribution in [1.82, 2.24) is 14.1 Å². The highest BCUT2D eigenvalue weighted by Crippen LogP contribution is 2.38. The minimum Gasteiger partial charge on any atom is -0.330 e. The Bertz CT molecular complexity index is 584. The first-order chi connectivity index (χ1) is 10.1. The van der Waals surface area contributed by atoms with Crippen molar-refractivity contribution in [2.75, 3.05) is 13.1 Å². The molecule has 2 aliphatic rings. The van der Waals surface area contributed by atoms with E-state index >= 15 is 0 Å². The average Bonchev–Trinajstić information content (AvgIpc) is 3.12. The van der Waals surface area contributed by atoms with Gasteiger partial charge in [-0.3, -0.25) is 4.68 Å². The van der Waals surface area contributed by atoms with Crippen LogP contribution in [0.25, 0.3) is 0 Å². The van der Waals surface area contributed by atoms with Gasteiger partial charge in [0.15, 0.2) is 0 Å². The molecule has 2 N–H and O–H groups in total. The second-order valence-electron chi connectivity index (χ2n) is 6.10. The summed E-state index contributed by atoms with van der Waals surface area (Å²) >= 11 is 0. The summed E-state index contributed by atoms with van der Waals surface area (Å²) < 4.78 is 29.0. The molecule has 2 atom stereocenters. The van der Waals surface area contributed by atoms with Crippen LogP contribution in [-0.2, 0) is 16.6 Å². The third-order valence-corrected chi connectivity index (χ3v) is 6.64. The van der Waals surface area contributed by atoms with Crippen molar-refractivity contribution in [2.45, 2.75) is 56.0 Å². The van der Waals surface area contributed by atoms with E-state index in [1.165, 1.54) is 19.0 Å². The van der Waals surface area contributed by atoms with Gasteiger partial charge in [-0.2, -0.15) is 9.40 Å². The molecular weight excluding hydrogens is 288 g/mol. The maximum atomic E-state index is 12.8. The smallest absolute Gasteiger partial charge is 0.246 e. The molecule has 1 aromatic heterocycles. The molecule has 6 nitrogen and oxygen atoms in total. The summed E-state index contributed by atoms with van der Waals surface area (Å²) in [5, 5.41) is 4.15. The molecule has 21 heavy (non-hydrogen) atoms. The minimum atomic E-state index is -3.39. The Balaban J connectivity index is 1.78. The first kappa shape index (κ1) is 15.0. The molecule has 1 saturated heterocycles. The average molecular weight is 312 g/mol. The molecule has 1 aromatic rings. The maximum Gasteiger partial charge on any atom is 0.246 e. The van der Waals surface area contributed by atoms with Crippen molar-refractivity contribution in [3.8, 4) is 0 Å². The summed E-state index contributed by atoms with van der Waals surface area (Å²) in [6, 6.07) is 0.205. The highest BCUT2D eigenvalue weighted by molar-refractivity contribution is 7.89. The van der Waals surface area contributed by atoms with Gasteiger partial charge in [-0.05, 0) is 38.1 Å². The van der Waals surface area contributed by atoms with Gasteiger partial charge < -0.3 is 5.73 Å². The van der Waals surface area contributed by atoms with Crippen molar-refractivity contribution >= 4 is 10.0 Å². The van der Waals surface area contributed by atoms with Crippen LogP contribution in [-0.4, -0.2) is 41.6 Å². The van der Waals surface area contributed by atoms with Gasteiger partial charge in [0.1, 0.15) is 4.90 Å². The van der Waals surface area contributed by atoms with Crippen molar-refractivity contribution < 1.29 is 8.42 Å². The summed E-state index contributed by atoms with van der Waals surface area (Å²) in [7, 11) is -3.39. The number of nitrogens with two attached hydrogens (primary N) is 1. The van der Waals surface area contributed by atoms with Crippen molar-refractivity contribution in [3.05, 3.63) is 12.4 Å². The van der Waals surface area contributed by atoms with Crippen LogP contribution in [0.3, 0.4) is 0 Å². The van der Waals surface area contributed by atoms with Crippen LogP contribution in [0.15, 0.2) is 17.3 Å². The molecule has 0 radical (unpaired) electrons. The summed E-state index contributed by atoms with van der Waals surface area (Å²) in [5.41, 5.74) is 5.47. The summed E-state index contributed by atoms with van der Waals surface area (Å²) in [6.45, 7) is 1.90. The minimum absolute atomic E-state index is 0.205. The number of sulfonamides is 1. The highest BCUT2D eigenvalue weighted by atomic mass is 32.2. The predicted octanol–water partition coefficient (Wildman–Crippen LogP) is 1.19. The second kappa shape index (κ2) is 6.06. The number of rotatable bonds is 5. The third kappa shape index (κ3) is 2.86. The van der Waals surface area contributed by atoms with Gasteiger partial charge in [0.25, 0.3) is 0 Å². The van der Waals surface area contributed by atoms with Gasteiger partial charge in [-0.15, -0.1) is 0 Å². The Hall–Kier alpha value is -0.920. The van der Waals surface area contributed by atoms with E-state index in [0.717, 1.165) is 25.7 Å². The van der Waals surface area contributed by atoms with E-state index in [4.69, 9.17) is 5.73 Å². The zero-order valence-electron chi connectivity index (χ0n) is 12.3. The van der Waals surface area contributed by atoms with Crippen LogP contribution in [0.2, 0.25) is 0 Å². The van der Waals surface area contributed by atoms with Gasteiger partial charge in [0, 0.05) is 25.3 Å². The van der Waals surface area contributed by atoms with Crippen LogP contribution in [0.1, 0.15) is 38.5 Å². The Labute approximate surface area is 126 Å². The largest absolute Gasteiger partial charge is 0.330 e. The summed E-state index contributed by atoms with van der Waals surface area (Å²) in [4.78, 5) is 0.325. The fraction of sp³-hybridized carbons (Fsp3) is 0.786. The Kier molecular flexibility index (Phi) is 4.33. The molecular formula is C14H24N4O2S. The number of aromatic nitrogens is 2. The van der Waals surface area contributed by atoms with Gasteiger partial charge in [0.2, 0.25) is 10.0 Å². The predicted molar refractivity (Wildman–Crippen MR) is 80.2 cm³/mol. The topological polar surface area (TPSA) is 81.2 Å². The molecule has 7 heteroatoms. The number of nitrogens with zero attached hydrogens (tertiary/aromatic N) is 3. The third-order valence-electron chi connectivity index (χ3n) is 4.77. The first-order valence-electron chi connectivity index (χ1n) is 7.87. The second-order valence-corrected chi connectivity index (χ2v) is 7.99. The van der Waals surface area contributed by atoms with E-state index in [-0.39, 0.29) is 6.04 Å². The molecule has 0 amide bonds. The number of hydrogen-bond acceptors (Lipinski definition) is 4. The standard InChI is InChI=1S/C14H24N4O2S/c15-7-3-8-17-11-13(10-16-17)21(19,20)18-9-6-12-4-1-2-5-14(12)18/h10-12,14H,1-9,15H2. The van der Waals surface area contributed by atoms with Crippen LogP contribution >= 0.6 is 0 Å². The highest BCUT2D eigenvalue weighted by Gasteiger charge is 2.42. The molecule has 2 fully saturated rings. The van der Waals surface area contributed by atoms with E-state index in [0.29, 0.717) is 30.4 Å². The van der Waals surface area contributed by atoms with E-state index in [1.807, 2.05) is 0 Å². The molecule has 1 saturated carbocycles. The molecule has 0 bridgehead atoms. The van der Waals surface area contributed by atoms with Crippen LogP contribution < -0.4 is 5.73 Å². The molecule has 2 unspecified atom stereocenters. The van der Waals surface area contributed by atoms with Crippen LogP contribution in [0.5, 0.6) is 0 Å². The van der Waals surface area contributed by atoms with Crippen molar-refractivity contribution in [1.29, 1.82) is 0 Å². The lowest BCUT2D eigenvalue weighted by Crippen LogP contribution is -2.39. The molecule has 0 aromatic carbocycles. The molecule has 1 aliphatic carbocycles. The fourth-order valence-corrected chi connectivity index (χ4v) is 5.34. The Morgan fingerprint density at radius 3 is 2.90 bits per heavy atom. The van der Waals surface area contributed by atoms with Gasteiger partial charge in [-0.25, -0.2) is 8.42 Å². The lowest BCUT2D eigenvalue weighted by molar-refractivity contribution is 0.260. The Morgan fingerprint density at radius 2 is 2.10 bits per heavy atom. The number of fused-ring (bicyclic) bond motifs is 1. The van der Waals surface area contributed by atoms with E-state index in [1.54, 1.807) is 15.2 Å². The van der Waals surface area contributed by atoms with Crippen molar-refractivity contribution in [3.63, 3.8) is 0 Å². The van der Waals surface area contributed by atoms with E-state index < -0.39 is 10.0 Å². The fourth-order valence-electron chi connectivity index (χ4n) is 3.65. The monoisotopic (exact) mass is 312 g/mol. The summed E-state index contributed by atoms with van der Waals surface area (Å²) in [5.74, 6) is 0.556.